The summed E-state index contributed by atoms with van der Waals surface area (Å²) >= 11 is 0. The first kappa shape index (κ1) is 9.46. The number of aryl methyl sites for hydroxylation is 1. The van der Waals surface area contributed by atoms with Crippen LogP contribution >= 0.6 is 0 Å². The fraction of sp³-hybridized carbons (Fsp3) is 0.545. The van der Waals surface area contributed by atoms with Crippen LogP contribution in [0.25, 0.3) is 0 Å². The Morgan fingerprint density at radius 3 is 2.86 bits per heavy atom. The van der Waals surface area contributed by atoms with E-state index in [0.717, 1.165) is 30.6 Å². The minimum absolute atomic E-state index is 0.185. The van der Waals surface area contributed by atoms with E-state index in [1.807, 2.05) is 25.3 Å². The fourth-order valence-corrected chi connectivity index (χ4v) is 1.85. The molecule has 3 nitrogen and oxygen atoms in total. The molecule has 0 bridgehead atoms. The lowest BCUT2D eigenvalue weighted by atomic mass is 10.2. The highest BCUT2D eigenvalue weighted by Crippen LogP contribution is 2.21. The quantitative estimate of drug-likeness (QED) is 0.750. The lowest BCUT2D eigenvalue weighted by Gasteiger charge is -2.16. The first-order valence-electron chi connectivity index (χ1n) is 5.13. The van der Waals surface area contributed by atoms with E-state index in [1.165, 1.54) is 0 Å². The van der Waals surface area contributed by atoms with Crippen molar-refractivity contribution in [3.05, 3.63) is 23.9 Å². The Morgan fingerprint density at radius 1 is 1.43 bits per heavy atom. The molecular weight excluding hydrogens is 176 g/mol. The van der Waals surface area contributed by atoms with Crippen molar-refractivity contribution >= 4 is 5.82 Å². The summed E-state index contributed by atoms with van der Waals surface area (Å²) in [5.74, 6) is 0.863. The van der Waals surface area contributed by atoms with Gasteiger partial charge in [0.1, 0.15) is 5.82 Å². The van der Waals surface area contributed by atoms with Crippen molar-refractivity contribution in [2.45, 2.75) is 38.3 Å². The molecular formula is C11H16N2O. The highest BCUT2D eigenvalue weighted by Gasteiger charge is 2.24. The predicted molar refractivity (Wildman–Crippen MR) is 56.2 cm³/mol. The van der Waals surface area contributed by atoms with Crippen LogP contribution in [-0.4, -0.2) is 22.2 Å². The standard InChI is InChI=1S/C11H16N2O/c1-8-5-6-11(12-7-8)13-9-3-2-4-10(9)14/h5-7,9-10,14H,2-4H2,1H3,(H,12,13). The molecule has 0 aromatic carbocycles. The molecule has 2 atom stereocenters. The number of anilines is 1. The van der Waals surface area contributed by atoms with E-state index in [2.05, 4.69) is 10.3 Å². The summed E-state index contributed by atoms with van der Waals surface area (Å²) in [6, 6.07) is 4.17. The van der Waals surface area contributed by atoms with Gasteiger partial charge in [-0.25, -0.2) is 4.98 Å². The number of pyridine rings is 1. The molecule has 1 fully saturated rings. The monoisotopic (exact) mass is 192 g/mol. The lowest BCUT2D eigenvalue weighted by Crippen LogP contribution is -2.28. The van der Waals surface area contributed by atoms with E-state index in [1.54, 1.807) is 0 Å². The average Bonchev–Trinajstić information content (AvgIpc) is 2.56. The molecule has 0 spiro atoms. The Bertz CT molecular complexity index is 297. The summed E-state index contributed by atoms with van der Waals surface area (Å²) in [5, 5.41) is 12.9. The number of aliphatic hydroxyl groups is 1. The van der Waals surface area contributed by atoms with Gasteiger partial charge in [0, 0.05) is 6.20 Å². The zero-order valence-electron chi connectivity index (χ0n) is 8.40. The number of hydrogen-bond donors (Lipinski definition) is 2. The molecule has 0 saturated heterocycles. The van der Waals surface area contributed by atoms with Gasteiger partial charge in [0.05, 0.1) is 12.1 Å². The van der Waals surface area contributed by atoms with Gasteiger partial charge in [-0.05, 0) is 37.8 Å². The second kappa shape index (κ2) is 3.96. The highest BCUT2D eigenvalue weighted by atomic mass is 16.3. The van der Waals surface area contributed by atoms with E-state index >= 15 is 0 Å². The van der Waals surface area contributed by atoms with E-state index in [4.69, 9.17) is 0 Å². The maximum absolute atomic E-state index is 9.61. The zero-order valence-corrected chi connectivity index (χ0v) is 8.40. The largest absolute Gasteiger partial charge is 0.391 e. The first-order chi connectivity index (χ1) is 6.75. The van der Waals surface area contributed by atoms with Gasteiger partial charge in [-0.15, -0.1) is 0 Å². The van der Waals surface area contributed by atoms with Crippen LogP contribution in [0.2, 0.25) is 0 Å². The van der Waals surface area contributed by atoms with Crippen molar-refractivity contribution in [3.8, 4) is 0 Å². The Kier molecular flexibility index (Phi) is 2.68. The van der Waals surface area contributed by atoms with E-state index < -0.39 is 0 Å². The molecule has 2 unspecified atom stereocenters. The van der Waals surface area contributed by atoms with Crippen molar-refractivity contribution in [1.82, 2.24) is 4.98 Å². The summed E-state index contributed by atoms with van der Waals surface area (Å²) in [4.78, 5) is 4.25. The minimum atomic E-state index is -0.210. The van der Waals surface area contributed by atoms with Crippen LogP contribution in [0.5, 0.6) is 0 Å². The zero-order chi connectivity index (χ0) is 9.97. The topological polar surface area (TPSA) is 45.1 Å². The van der Waals surface area contributed by atoms with Crippen LogP contribution < -0.4 is 5.32 Å². The van der Waals surface area contributed by atoms with Crippen LogP contribution in [0, 0.1) is 6.92 Å². The van der Waals surface area contributed by atoms with Crippen LogP contribution in [-0.2, 0) is 0 Å². The van der Waals surface area contributed by atoms with Crippen LogP contribution in [0.15, 0.2) is 18.3 Å². The van der Waals surface area contributed by atoms with E-state index in [-0.39, 0.29) is 12.1 Å². The van der Waals surface area contributed by atoms with Gasteiger partial charge in [0.25, 0.3) is 0 Å². The molecule has 1 aliphatic carbocycles. The summed E-state index contributed by atoms with van der Waals surface area (Å²) in [6.45, 7) is 2.02. The van der Waals surface area contributed by atoms with Gasteiger partial charge < -0.3 is 10.4 Å². The number of rotatable bonds is 2. The number of nitrogens with zero attached hydrogens (tertiary/aromatic N) is 1. The number of aliphatic hydroxyl groups excluding tert-OH is 1. The first-order valence-corrected chi connectivity index (χ1v) is 5.13. The lowest BCUT2D eigenvalue weighted by molar-refractivity contribution is 0.171. The van der Waals surface area contributed by atoms with Crippen LogP contribution in [0.4, 0.5) is 5.82 Å². The molecule has 3 heteroatoms. The maximum Gasteiger partial charge on any atom is 0.126 e. The highest BCUT2D eigenvalue weighted by molar-refractivity contribution is 5.36. The Morgan fingerprint density at radius 2 is 2.29 bits per heavy atom. The molecule has 1 heterocycles. The van der Waals surface area contributed by atoms with Gasteiger partial charge in [-0.1, -0.05) is 6.07 Å². The second-order valence-corrected chi connectivity index (χ2v) is 3.97. The third-order valence-corrected chi connectivity index (χ3v) is 2.72. The molecule has 0 radical (unpaired) electrons. The van der Waals surface area contributed by atoms with Crippen LogP contribution in [0.1, 0.15) is 24.8 Å². The summed E-state index contributed by atoms with van der Waals surface area (Å²) in [5.41, 5.74) is 1.16. The molecule has 1 saturated carbocycles. The van der Waals surface area contributed by atoms with Crippen molar-refractivity contribution in [2.75, 3.05) is 5.32 Å². The third-order valence-electron chi connectivity index (χ3n) is 2.72. The maximum atomic E-state index is 9.61. The Balaban J connectivity index is 2.00. The van der Waals surface area contributed by atoms with Crippen molar-refractivity contribution in [3.63, 3.8) is 0 Å². The predicted octanol–water partition coefficient (Wildman–Crippen LogP) is 1.72. The normalized spacial score (nSPS) is 26.4. The molecule has 1 aliphatic rings. The molecule has 2 rings (SSSR count). The smallest absolute Gasteiger partial charge is 0.126 e. The van der Waals surface area contributed by atoms with E-state index in [0.29, 0.717) is 0 Å². The summed E-state index contributed by atoms with van der Waals surface area (Å²) in [6.07, 6.45) is 4.67. The van der Waals surface area contributed by atoms with Gasteiger partial charge in [-0.3, -0.25) is 0 Å². The van der Waals surface area contributed by atoms with Gasteiger partial charge in [-0.2, -0.15) is 0 Å². The number of hydrogen-bond acceptors (Lipinski definition) is 3. The van der Waals surface area contributed by atoms with Gasteiger partial charge in [0.2, 0.25) is 0 Å². The number of nitrogens with one attached hydrogen (secondary N) is 1. The summed E-state index contributed by atoms with van der Waals surface area (Å²) < 4.78 is 0. The minimum Gasteiger partial charge on any atom is -0.391 e. The SMILES string of the molecule is Cc1ccc(NC2CCCC2O)nc1. The average molecular weight is 192 g/mol. The van der Waals surface area contributed by atoms with Crippen molar-refractivity contribution < 1.29 is 5.11 Å². The Hall–Kier alpha value is -1.09. The van der Waals surface area contributed by atoms with Gasteiger partial charge in [0.15, 0.2) is 0 Å². The molecule has 1 aromatic rings. The van der Waals surface area contributed by atoms with Crippen molar-refractivity contribution in [2.24, 2.45) is 0 Å². The molecule has 76 valence electrons. The van der Waals surface area contributed by atoms with Crippen LogP contribution in [0.3, 0.4) is 0 Å². The van der Waals surface area contributed by atoms with Crippen molar-refractivity contribution in [1.29, 1.82) is 0 Å². The molecule has 14 heavy (non-hydrogen) atoms. The fourth-order valence-electron chi connectivity index (χ4n) is 1.85. The third kappa shape index (κ3) is 2.04. The van der Waals surface area contributed by atoms with Gasteiger partial charge >= 0.3 is 0 Å². The second-order valence-electron chi connectivity index (χ2n) is 3.97. The number of aromatic nitrogens is 1. The Labute approximate surface area is 84.2 Å². The molecule has 0 aliphatic heterocycles. The molecule has 1 aromatic heterocycles. The summed E-state index contributed by atoms with van der Waals surface area (Å²) in [7, 11) is 0. The molecule has 0 amide bonds. The molecule has 2 N–H and O–H groups in total. The van der Waals surface area contributed by atoms with E-state index in [9.17, 15) is 5.11 Å².